The summed E-state index contributed by atoms with van der Waals surface area (Å²) in [6.07, 6.45) is 2.62. The molecule has 1 spiro atoms. The molecule has 0 saturated carbocycles. The van der Waals surface area contributed by atoms with Crippen molar-refractivity contribution in [3.8, 4) is 5.75 Å². The summed E-state index contributed by atoms with van der Waals surface area (Å²) >= 11 is 0. The van der Waals surface area contributed by atoms with Crippen molar-refractivity contribution in [1.29, 1.82) is 0 Å². The number of guanidine groups is 1. The van der Waals surface area contributed by atoms with Gasteiger partial charge in [-0.15, -0.1) is 0 Å². The minimum atomic E-state index is -0.794. The van der Waals surface area contributed by atoms with Gasteiger partial charge in [0, 0.05) is 13.5 Å². The fraction of sp³-hybridized carbons (Fsp3) is 0.533. The van der Waals surface area contributed by atoms with Crippen molar-refractivity contribution in [2.24, 2.45) is 10.7 Å². The van der Waals surface area contributed by atoms with Crippen molar-refractivity contribution in [3.63, 3.8) is 0 Å². The molecule has 0 radical (unpaired) electrons. The molecule has 21 heavy (non-hydrogen) atoms. The third kappa shape index (κ3) is 2.69. The van der Waals surface area contributed by atoms with Crippen LogP contribution in [0.2, 0.25) is 0 Å². The van der Waals surface area contributed by atoms with E-state index in [-0.39, 0.29) is 6.79 Å². The third-order valence-corrected chi connectivity index (χ3v) is 3.81. The summed E-state index contributed by atoms with van der Waals surface area (Å²) in [4.78, 5) is 10.6. The Morgan fingerprint density at radius 1 is 1.33 bits per heavy atom. The number of hydrogen-bond donors (Lipinski definition) is 1. The molecule has 0 aromatic heterocycles. The summed E-state index contributed by atoms with van der Waals surface area (Å²) in [6.45, 7) is 2.95. The SMILES string of the molecule is Cc1ccc2c(c1)C1(CCCCOCO2)N=C(N)N(C)O1. The van der Waals surface area contributed by atoms with Crippen LogP contribution in [-0.2, 0) is 15.3 Å². The number of nitrogens with zero attached hydrogens (tertiary/aromatic N) is 2. The first-order valence-corrected chi connectivity index (χ1v) is 7.21. The van der Waals surface area contributed by atoms with Gasteiger partial charge >= 0.3 is 0 Å². The van der Waals surface area contributed by atoms with Crippen molar-refractivity contribution in [2.45, 2.75) is 31.9 Å². The Hall–Kier alpha value is -1.79. The largest absolute Gasteiger partial charge is 0.467 e. The first-order chi connectivity index (χ1) is 10.1. The van der Waals surface area contributed by atoms with Crippen LogP contribution < -0.4 is 10.5 Å². The van der Waals surface area contributed by atoms with Crippen molar-refractivity contribution in [3.05, 3.63) is 29.3 Å². The highest BCUT2D eigenvalue weighted by atomic mass is 16.7. The maximum atomic E-state index is 6.00. The molecule has 0 bridgehead atoms. The van der Waals surface area contributed by atoms with E-state index in [9.17, 15) is 0 Å². The predicted octanol–water partition coefficient (Wildman–Crippen LogP) is 1.88. The minimum Gasteiger partial charge on any atom is -0.467 e. The molecule has 2 aliphatic rings. The molecule has 2 aliphatic heterocycles. The number of aliphatic imine (C=N–C) groups is 1. The van der Waals surface area contributed by atoms with Crippen LogP contribution >= 0.6 is 0 Å². The van der Waals surface area contributed by atoms with E-state index < -0.39 is 5.72 Å². The van der Waals surface area contributed by atoms with Crippen molar-refractivity contribution in [2.75, 3.05) is 20.4 Å². The van der Waals surface area contributed by atoms with Gasteiger partial charge in [0.2, 0.25) is 11.7 Å². The topological polar surface area (TPSA) is 69.3 Å². The summed E-state index contributed by atoms with van der Waals surface area (Å²) in [6, 6.07) is 5.99. The van der Waals surface area contributed by atoms with Crippen LogP contribution in [0.1, 0.15) is 30.4 Å². The van der Waals surface area contributed by atoms with Gasteiger partial charge in [0.25, 0.3) is 0 Å². The Balaban J connectivity index is 2.08. The van der Waals surface area contributed by atoms with E-state index in [1.165, 1.54) is 5.06 Å². The van der Waals surface area contributed by atoms with E-state index in [0.29, 0.717) is 12.6 Å². The second-order valence-electron chi connectivity index (χ2n) is 5.47. The molecule has 1 aromatic carbocycles. The zero-order valence-corrected chi connectivity index (χ0v) is 12.5. The molecule has 6 nitrogen and oxygen atoms in total. The molecule has 3 rings (SSSR count). The highest BCUT2D eigenvalue weighted by Crippen LogP contribution is 2.42. The molecule has 2 heterocycles. The van der Waals surface area contributed by atoms with Crippen LogP contribution in [0.3, 0.4) is 0 Å². The van der Waals surface area contributed by atoms with E-state index in [2.05, 4.69) is 4.99 Å². The Morgan fingerprint density at radius 2 is 2.19 bits per heavy atom. The Bertz CT molecular complexity index is 561. The first kappa shape index (κ1) is 14.2. The number of nitrogens with two attached hydrogens (primary N) is 1. The molecule has 0 amide bonds. The number of benzene rings is 1. The average molecular weight is 291 g/mol. The molecule has 6 heteroatoms. The Labute approximate surface area is 124 Å². The molecule has 114 valence electrons. The predicted molar refractivity (Wildman–Crippen MR) is 78.6 cm³/mol. The summed E-state index contributed by atoms with van der Waals surface area (Å²) < 4.78 is 11.2. The summed E-state index contributed by atoms with van der Waals surface area (Å²) in [5, 5.41) is 1.52. The van der Waals surface area contributed by atoms with Crippen LogP contribution in [0.15, 0.2) is 23.2 Å². The lowest BCUT2D eigenvalue weighted by molar-refractivity contribution is -0.178. The quantitative estimate of drug-likeness (QED) is 0.790. The van der Waals surface area contributed by atoms with Gasteiger partial charge in [0.05, 0.1) is 12.2 Å². The standard InChI is InChI=1S/C15H21N3O3/c1-11-5-6-13-12(9-11)15(17-14(16)18(2)21-15)7-3-4-8-19-10-20-13/h5-6,9H,3-4,7-8,10H2,1-2H3,(H2,16,17). The second-order valence-corrected chi connectivity index (χ2v) is 5.47. The van der Waals surface area contributed by atoms with E-state index in [1.54, 1.807) is 7.05 Å². The van der Waals surface area contributed by atoms with E-state index in [4.69, 9.17) is 20.0 Å². The van der Waals surface area contributed by atoms with Crippen LogP contribution in [0, 0.1) is 6.92 Å². The molecule has 0 fully saturated rings. The molecule has 0 saturated heterocycles. The molecule has 1 atom stereocenters. The number of ether oxygens (including phenoxy) is 2. The summed E-state index contributed by atoms with van der Waals surface area (Å²) in [5.41, 5.74) is 7.16. The lowest BCUT2D eigenvalue weighted by Gasteiger charge is -2.29. The smallest absolute Gasteiger partial charge is 0.218 e. The van der Waals surface area contributed by atoms with Gasteiger partial charge in [-0.1, -0.05) is 11.6 Å². The lowest BCUT2D eigenvalue weighted by atomic mass is 9.95. The van der Waals surface area contributed by atoms with Crippen LogP contribution in [0.4, 0.5) is 0 Å². The van der Waals surface area contributed by atoms with E-state index in [0.717, 1.165) is 36.1 Å². The van der Waals surface area contributed by atoms with Crippen LogP contribution in [-0.4, -0.2) is 31.5 Å². The molecular formula is C15H21N3O3. The maximum absolute atomic E-state index is 6.00. The molecule has 0 aliphatic carbocycles. The molecule has 2 N–H and O–H groups in total. The number of hydrogen-bond acceptors (Lipinski definition) is 6. The van der Waals surface area contributed by atoms with Gasteiger partial charge in [-0.2, -0.15) is 0 Å². The van der Waals surface area contributed by atoms with Gasteiger partial charge in [-0.05, 0) is 31.9 Å². The minimum absolute atomic E-state index is 0.237. The number of fused-ring (bicyclic) bond motifs is 2. The van der Waals surface area contributed by atoms with E-state index in [1.807, 2.05) is 25.1 Å². The molecule has 1 unspecified atom stereocenters. The van der Waals surface area contributed by atoms with Gasteiger partial charge < -0.3 is 15.2 Å². The Morgan fingerprint density at radius 3 is 2.95 bits per heavy atom. The first-order valence-electron chi connectivity index (χ1n) is 7.21. The van der Waals surface area contributed by atoms with Crippen molar-refractivity contribution in [1.82, 2.24) is 5.06 Å². The third-order valence-electron chi connectivity index (χ3n) is 3.81. The van der Waals surface area contributed by atoms with Crippen molar-refractivity contribution < 1.29 is 14.3 Å². The fourth-order valence-electron chi connectivity index (χ4n) is 2.70. The van der Waals surface area contributed by atoms with Gasteiger partial charge in [-0.25, -0.2) is 14.9 Å². The van der Waals surface area contributed by atoms with Crippen molar-refractivity contribution >= 4 is 5.96 Å². The van der Waals surface area contributed by atoms with E-state index >= 15 is 0 Å². The zero-order valence-electron chi connectivity index (χ0n) is 12.5. The Kier molecular flexibility index (Phi) is 3.73. The second kappa shape index (κ2) is 5.54. The highest BCUT2D eigenvalue weighted by Gasteiger charge is 2.43. The number of aryl methyl sites for hydroxylation is 1. The normalized spacial score (nSPS) is 26.2. The average Bonchev–Trinajstić information content (AvgIpc) is 2.75. The highest BCUT2D eigenvalue weighted by molar-refractivity contribution is 5.78. The van der Waals surface area contributed by atoms with Gasteiger partial charge in [0.1, 0.15) is 5.75 Å². The van der Waals surface area contributed by atoms with Crippen LogP contribution in [0.25, 0.3) is 0 Å². The monoisotopic (exact) mass is 291 g/mol. The molecule has 1 aromatic rings. The van der Waals surface area contributed by atoms with Crippen LogP contribution in [0.5, 0.6) is 5.75 Å². The van der Waals surface area contributed by atoms with Gasteiger partial charge in [-0.3, -0.25) is 0 Å². The molecular weight excluding hydrogens is 270 g/mol. The fourth-order valence-corrected chi connectivity index (χ4v) is 2.70. The lowest BCUT2D eigenvalue weighted by Crippen LogP contribution is -2.32. The summed E-state index contributed by atoms with van der Waals surface area (Å²) in [5.74, 6) is 1.12. The maximum Gasteiger partial charge on any atom is 0.218 e. The number of hydroxylamine groups is 2. The number of rotatable bonds is 0. The zero-order chi connectivity index (χ0) is 14.9. The van der Waals surface area contributed by atoms with Gasteiger partial charge in [0.15, 0.2) is 6.79 Å². The summed E-state index contributed by atoms with van der Waals surface area (Å²) in [7, 11) is 1.77.